The second-order valence-corrected chi connectivity index (χ2v) is 2.84. The molecule has 1 rings (SSSR count). The van der Waals surface area contributed by atoms with Crippen LogP contribution in [0.15, 0.2) is 18.2 Å². The topological polar surface area (TPSA) is 66.8 Å². The third-order valence-corrected chi connectivity index (χ3v) is 1.68. The summed E-state index contributed by atoms with van der Waals surface area (Å²) in [6, 6.07) is 2.88. The van der Waals surface area contributed by atoms with Gasteiger partial charge in [0.2, 0.25) is 0 Å². The summed E-state index contributed by atoms with van der Waals surface area (Å²) in [4.78, 5) is 10.3. The van der Waals surface area contributed by atoms with Gasteiger partial charge in [-0.25, -0.2) is 0 Å². The van der Waals surface area contributed by atoms with E-state index in [4.69, 9.17) is 10.0 Å². The first-order valence-electron chi connectivity index (χ1n) is 4.04. The summed E-state index contributed by atoms with van der Waals surface area (Å²) in [7, 11) is -2.11. The molecule has 2 N–H and O–H groups in total. The summed E-state index contributed by atoms with van der Waals surface area (Å²) in [5.41, 5.74) is -0.536. The molecule has 86 valence electrons. The molecule has 0 bridgehead atoms. The number of alkyl halides is 3. The van der Waals surface area contributed by atoms with Crippen molar-refractivity contribution in [3.63, 3.8) is 0 Å². The van der Waals surface area contributed by atoms with Crippen LogP contribution in [0.4, 0.5) is 13.2 Å². The van der Waals surface area contributed by atoms with E-state index in [2.05, 4.69) is 4.74 Å². The minimum atomic E-state index is -4.97. The van der Waals surface area contributed by atoms with Crippen molar-refractivity contribution in [1.82, 2.24) is 0 Å². The van der Waals surface area contributed by atoms with Gasteiger partial charge in [0, 0.05) is 11.0 Å². The van der Waals surface area contributed by atoms with Gasteiger partial charge in [-0.3, -0.25) is 4.79 Å². The summed E-state index contributed by atoms with van der Waals surface area (Å²) in [6.07, 6.45) is -4.65. The standard InChI is InChI=1S/C8H6BF3O4/c10-8(11,12)16-7-3-5(4-13)1-2-6(7)9(14)15/h1-4,14-15H. The van der Waals surface area contributed by atoms with Crippen LogP contribution in [0.2, 0.25) is 0 Å². The molecule has 0 unspecified atom stereocenters. The molecule has 0 aromatic heterocycles. The van der Waals surface area contributed by atoms with Crippen LogP contribution < -0.4 is 10.2 Å². The zero-order valence-electron chi connectivity index (χ0n) is 7.73. The molecule has 0 aliphatic carbocycles. The van der Waals surface area contributed by atoms with E-state index in [1.165, 1.54) is 0 Å². The van der Waals surface area contributed by atoms with E-state index in [-0.39, 0.29) is 5.56 Å². The fraction of sp³-hybridized carbons (Fsp3) is 0.125. The van der Waals surface area contributed by atoms with Gasteiger partial charge in [0.05, 0.1) is 0 Å². The summed E-state index contributed by atoms with van der Waals surface area (Å²) in [6.45, 7) is 0. The first-order chi connectivity index (χ1) is 7.33. The average Bonchev–Trinajstić information content (AvgIpc) is 2.14. The molecule has 0 saturated carbocycles. The van der Waals surface area contributed by atoms with Gasteiger partial charge < -0.3 is 14.8 Å². The van der Waals surface area contributed by atoms with Crippen molar-refractivity contribution in [3.8, 4) is 5.75 Å². The van der Waals surface area contributed by atoms with Crippen molar-refractivity contribution in [2.24, 2.45) is 0 Å². The lowest BCUT2D eigenvalue weighted by Crippen LogP contribution is -2.33. The molecular weight excluding hydrogens is 228 g/mol. The zero-order chi connectivity index (χ0) is 12.3. The van der Waals surface area contributed by atoms with Crippen molar-refractivity contribution in [2.75, 3.05) is 0 Å². The number of ether oxygens (including phenoxy) is 1. The van der Waals surface area contributed by atoms with E-state index in [0.29, 0.717) is 6.29 Å². The van der Waals surface area contributed by atoms with Gasteiger partial charge >= 0.3 is 13.5 Å². The molecule has 0 atom stereocenters. The number of benzene rings is 1. The van der Waals surface area contributed by atoms with Gasteiger partial charge in [-0.15, -0.1) is 13.2 Å². The first-order valence-corrected chi connectivity index (χ1v) is 4.04. The molecule has 0 spiro atoms. The quantitative estimate of drug-likeness (QED) is 0.573. The number of hydrogen-bond acceptors (Lipinski definition) is 4. The summed E-state index contributed by atoms with van der Waals surface area (Å²) in [5, 5.41) is 17.6. The van der Waals surface area contributed by atoms with E-state index in [1.807, 2.05) is 0 Å². The number of halogens is 3. The number of rotatable bonds is 3. The number of hydrogen-bond donors (Lipinski definition) is 2. The van der Waals surface area contributed by atoms with E-state index in [9.17, 15) is 18.0 Å². The van der Waals surface area contributed by atoms with Crippen LogP contribution >= 0.6 is 0 Å². The molecule has 1 aromatic rings. The Hall–Kier alpha value is -1.54. The number of carbonyl (C=O) groups excluding carboxylic acids is 1. The van der Waals surface area contributed by atoms with Crippen molar-refractivity contribution >= 4 is 18.9 Å². The Labute approximate surface area is 88.4 Å². The van der Waals surface area contributed by atoms with Crippen LogP contribution in [-0.4, -0.2) is 29.8 Å². The van der Waals surface area contributed by atoms with Crippen LogP contribution in [0.1, 0.15) is 10.4 Å². The SMILES string of the molecule is O=Cc1ccc(B(O)O)c(OC(F)(F)F)c1. The Morgan fingerprint density at radius 1 is 1.31 bits per heavy atom. The highest BCUT2D eigenvalue weighted by molar-refractivity contribution is 6.59. The molecule has 0 radical (unpaired) electrons. The molecule has 8 heteroatoms. The second-order valence-electron chi connectivity index (χ2n) is 2.84. The maximum absolute atomic E-state index is 11.9. The fourth-order valence-corrected chi connectivity index (χ4v) is 1.05. The molecular formula is C8H6BF3O4. The highest BCUT2D eigenvalue weighted by Gasteiger charge is 2.33. The van der Waals surface area contributed by atoms with E-state index < -0.39 is 24.7 Å². The molecule has 0 saturated heterocycles. The molecule has 0 heterocycles. The number of carbonyl (C=O) groups is 1. The van der Waals surface area contributed by atoms with Crippen molar-refractivity contribution in [2.45, 2.75) is 6.36 Å². The molecule has 0 aliphatic rings. The summed E-state index contributed by atoms with van der Waals surface area (Å²) < 4.78 is 39.4. The monoisotopic (exact) mass is 234 g/mol. The first kappa shape index (κ1) is 12.5. The smallest absolute Gasteiger partial charge is 0.423 e. The normalized spacial score (nSPS) is 11.1. The third kappa shape index (κ3) is 3.25. The zero-order valence-corrected chi connectivity index (χ0v) is 7.73. The molecule has 4 nitrogen and oxygen atoms in total. The Bertz CT molecular complexity index is 391. The van der Waals surface area contributed by atoms with E-state index in [0.717, 1.165) is 18.2 Å². The van der Waals surface area contributed by atoms with Gasteiger partial charge in [0.1, 0.15) is 12.0 Å². The fourth-order valence-electron chi connectivity index (χ4n) is 1.05. The van der Waals surface area contributed by atoms with Gasteiger partial charge in [0.15, 0.2) is 0 Å². The molecule has 0 fully saturated rings. The van der Waals surface area contributed by atoms with Crippen LogP contribution in [0.5, 0.6) is 5.75 Å². The lowest BCUT2D eigenvalue weighted by molar-refractivity contribution is -0.274. The Morgan fingerprint density at radius 2 is 1.94 bits per heavy atom. The molecule has 1 aromatic carbocycles. The Kier molecular flexibility index (Phi) is 3.56. The highest BCUT2D eigenvalue weighted by atomic mass is 19.4. The second kappa shape index (κ2) is 4.54. The Balaban J connectivity index is 3.15. The van der Waals surface area contributed by atoms with Gasteiger partial charge in [-0.05, 0) is 6.07 Å². The van der Waals surface area contributed by atoms with Gasteiger partial charge in [-0.1, -0.05) is 12.1 Å². The van der Waals surface area contributed by atoms with Crippen molar-refractivity contribution in [3.05, 3.63) is 23.8 Å². The van der Waals surface area contributed by atoms with Crippen molar-refractivity contribution < 1.29 is 32.8 Å². The third-order valence-electron chi connectivity index (χ3n) is 1.68. The van der Waals surface area contributed by atoms with Crippen LogP contribution in [-0.2, 0) is 0 Å². The van der Waals surface area contributed by atoms with E-state index in [1.54, 1.807) is 0 Å². The largest absolute Gasteiger partial charge is 0.573 e. The summed E-state index contributed by atoms with van der Waals surface area (Å²) in [5.74, 6) is -0.813. The minimum absolute atomic E-state index is 0.0661. The van der Waals surface area contributed by atoms with Crippen LogP contribution in [0, 0.1) is 0 Å². The van der Waals surface area contributed by atoms with Gasteiger partial charge in [-0.2, -0.15) is 0 Å². The van der Waals surface area contributed by atoms with E-state index >= 15 is 0 Å². The predicted octanol–water partition coefficient (Wildman–Crippen LogP) is 0.0775. The maximum Gasteiger partial charge on any atom is 0.573 e. The molecule has 0 aliphatic heterocycles. The Morgan fingerprint density at radius 3 is 2.38 bits per heavy atom. The molecule has 16 heavy (non-hydrogen) atoms. The summed E-state index contributed by atoms with van der Waals surface area (Å²) >= 11 is 0. The van der Waals surface area contributed by atoms with Gasteiger partial charge in [0.25, 0.3) is 0 Å². The number of aldehydes is 1. The highest BCUT2D eigenvalue weighted by Crippen LogP contribution is 2.21. The maximum atomic E-state index is 11.9. The van der Waals surface area contributed by atoms with Crippen LogP contribution in [0.3, 0.4) is 0 Å². The predicted molar refractivity (Wildman–Crippen MR) is 48.3 cm³/mol. The average molecular weight is 234 g/mol. The van der Waals surface area contributed by atoms with Crippen LogP contribution in [0.25, 0.3) is 0 Å². The minimum Gasteiger partial charge on any atom is -0.423 e. The lowest BCUT2D eigenvalue weighted by atomic mass is 9.79. The lowest BCUT2D eigenvalue weighted by Gasteiger charge is -2.13. The molecule has 0 amide bonds. The van der Waals surface area contributed by atoms with Crippen molar-refractivity contribution in [1.29, 1.82) is 0 Å².